The maximum atomic E-state index is 12.5. The van der Waals surface area contributed by atoms with E-state index >= 15 is 0 Å². The molecule has 1 amide bonds. The van der Waals surface area contributed by atoms with Crippen LogP contribution in [0.25, 0.3) is 0 Å². The van der Waals surface area contributed by atoms with E-state index in [0.29, 0.717) is 24.9 Å². The normalized spacial score (nSPS) is 15.2. The van der Waals surface area contributed by atoms with E-state index in [1.54, 1.807) is 24.3 Å². The summed E-state index contributed by atoms with van der Waals surface area (Å²) in [6.45, 7) is -0.756. The summed E-state index contributed by atoms with van der Waals surface area (Å²) in [4.78, 5) is 13.0. The van der Waals surface area contributed by atoms with Gasteiger partial charge in [0.05, 0.1) is 6.42 Å². The van der Waals surface area contributed by atoms with E-state index in [2.05, 4.69) is 0 Å². The number of carbonyl (C=O) groups excluding carboxylic acids is 1. The predicted molar refractivity (Wildman–Crippen MR) is 68.8 cm³/mol. The van der Waals surface area contributed by atoms with Crippen molar-refractivity contribution in [3.8, 4) is 0 Å². The third-order valence-electron chi connectivity index (χ3n) is 3.27. The fourth-order valence-corrected chi connectivity index (χ4v) is 2.07. The lowest BCUT2D eigenvalue weighted by Gasteiger charge is -2.23. The Balaban J connectivity index is 2.00. The molecular formula is C14H17F3N2O. The molecule has 1 fully saturated rings. The molecule has 1 aromatic carbocycles. The number of rotatable bonds is 5. The van der Waals surface area contributed by atoms with Gasteiger partial charge in [-0.2, -0.15) is 13.2 Å². The summed E-state index contributed by atoms with van der Waals surface area (Å²) in [5.74, 6) is -0.467. The van der Waals surface area contributed by atoms with Gasteiger partial charge in [-0.05, 0) is 24.0 Å². The quantitative estimate of drug-likeness (QED) is 0.902. The summed E-state index contributed by atoms with van der Waals surface area (Å²) < 4.78 is 37.5. The highest BCUT2D eigenvalue weighted by Crippen LogP contribution is 2.30. The van der Waals surface area contributed by atoms with Gasteiger partial charge in [0.1, 0.15) is 6.54 Å². The van der Waals surface area contributed by atoms with Gasteiger partial charge in [0.2, 0.25) is 5.91 Å². The summed E-state index contributed by atoms with van der Waals surface area (Å²) in [6, 6.07) is 6.80. The molecule has 1 aromatic rings. The third-order valence-corrected chi connectivity index (χ3v) is 3.27. The maximum absolute atomic E-state index is 12.5. The number of nitrogens with zero attached hydrogens (tertiary/aromatic N) is 1. The van der Waals surface area contributed by atoms with Crippen LogP contribution in [0.15, 0.2) is 24.3 Å². The van der Waals surface area contributed by atoms with E-state index < -0.39 is 18.6 Å². The van der Waals surface area contributed by atoms with Crippen LogP contribution in [-0.4, -0.2) is 29.6 Å². The summed E-state index contributed by atoms with van der Waals surface area (Å²) >= 11 is 0. The number of alkyl halides is 3. The van der Waals surface area contributed by atoms with Gasteiger partial charge < -0.3 is 10.6 Å². The average Bonchev–Trinajstić information content (AvgIpc) is 3.20. The number of benzene rings is 1. The highest BCUT2D eigenvalue weighted by molar-refractivity contribution is 5.79. The highest BCUT2D eigenvalue weighted by atomic mass is 19.4. The van der Waals surface area contributed by atoms with Gasteiger partial charge in [0.15, 0.2) is 0 Å². The first kappa shape index (κ1) is 14.8. The molecule has 0 unspecified atom stereocenters. The van der Waals surface area contributed by atoms with Crippen LogP contribution < -0.4 is 5.73 Å². The second-order valence-corrected chi connectivity index (χ2v) is 5.07. The molecule has 110 valence electrons. The van der Waals surface area contributed by atoms with E-state index in [0.717, 1.165) is 10.5 Å². The standard InChI is InChI=1S/C14H17F3N2O/c15-14(16,17)9-19(12-5-6-12)13(20)7-10-1-3-11(8-18)4-2-10/h1-4,12H,5-9,18H2. The Hall–Kier alpha value is -1.56. The third kappa shape index (κ3) is 4.23. The molecular weight excluding hydrogens is 269 g/mol. The van der Waals surface area contributed by atoms with Gasteiger partial charge in [-0.15, -0.1) is 0 Å². The van der Waals surface area contributed by atoms with E-state index in [1.807, 2.05) is 0 Å². The fraction of sp³-hybridized carbons (Fsp3) is 0.500. The van der Waals surface area contributed by atoms with Gasteiger partial charge >= 0.3 is 6.18 Å². The van der Waals surface area contributed by atoms with Gasteiger partial charge in [0, 0.05) is 12.6 Å². The molecule has 2 rings (SSSR count). The van der Waals surface area contributed by atoms with Gasteiger partial charge in [0.25, 0.3) is 0 Å². The van der Waals surface area contributed by atoms with Crippen LogP contribution in [0.5, 0.6) is 0 Å². The number of nitrogens with two attached hydrogens (primary N) is 1. The van der Waals surface area contributed by atoms with Crippen LogP contribution in [-0.2, 0) is 17.8 Å². The van der Waals surface area contributed by atoms with Crippen molar-refractivity contribution in [2.24, 2.45) is 5.73 Å². The van der Waals surface area contributed by atoms with Crippen molar-refractivity contribution in [3.05, 3.63) is 35.4 Å². The molecule has 0 bridgehead atoms. The summed E-state index contributed by atoms with van der Waals surface area (Å²) in [5, 5.41) is 0. The van der Waals surface area contributed by atoms with E-state index in [9.17, 15) is 18.0 Å². The van der Waals surface area contributed by atoms with Crippen LogP contribution in [0.4, 0.5) is 13.2 Å². The molecule has 20 heavy (non-hydrogen) atoms. The minimum absolute atomic E-state index is 0.00255. The first-order valence-electron chi connectivity index (χ1n) is 6.53. The Labute approximate surface area is 115 Å². The number of carbonyl (C=O) groups is 1. The lowest BCUT2D eigenvalue weighted by molar-refractivity contribution is -0.162. The molecule has 0 aromatic heterocycles. The van der Waals surface area contributed by atoms with Crippen molar-refractivity contribution in [1.82, 2.24) is 4.90 Å². The molecule has 1 aliphatic rings. The van der Waals surface area contributed by atoms with Crippen LogP contribution in [0.1, 0.15) is 24.0 Å². The smallest absolute Gasteiger partial charge is 0.330 e. The topological polar surface area (TPSA) is 46.3 Å². The maximum Gasteiger partial charge on any atom is 0.406 e. The van der Waals surface area contributed by atoms with E-state index in [-0.39, 0.29) is 12.5 Å². The van der Waals surface area contributed by atoms with Gasteiger partial charge in [-0.1, -0.05) is 24.3 Å². The lowest BCUT2D eigenvalue weighted by Crippen LogP contribution is -2.41. The number of hydrogen-bond donors (Lipinski definition) is 1. The second kappa shape index (κ2) is 5.83. The first-order valence-corrected chi connectivity index (χ1v) is 6.53. The lowest BCUT2D eigenvalue weighted by atomic mass is 10.1. The van der Waals surface area contributed by atoms with Gasteiger partial charge in [-0.3, -0.25) is 4.79 Å². The molecule has 6 heteroatoms. The van der Waals surface area contributed by atoms with E-state index in [1.165, 1.54) is 0 Å². The molecule has 0 aliphatic heterocycles. The number of halogens is 3. The Morgan fingerprint density at radius 3 is 2.20 bits per heavy atom. The van der Waals surface area contributed by atoms with Crippen molar-refractivity contribution >= 4 is 5.91 Å². The van der Waals surface area contributed by atoms with Crippen molar-refractivity contribution in [3.63, 3.8) is 0 Å². The molecule has 0 saturated heterocycles. The zero-order chi connectivity index (χ0) is 14.8. The molecule has 1 aliphatic carbocycles. The zero-order valence-corrected chi connectivity index (χ0v) is 11.0. The fourth-order valence-electron chi connectivity index (χ4n) is 2.07. The summed E-state index contributed by atoms with van der Waals surface area (Å²) in [6.07, 6.45) is -3.03. The Kier molecular flexibility index (Phi) is 4.32. The minimum atomic E-state index is -4.35. The molecule has 0 heterocycles. The summed E-state index contributed by atoms with van der Waals surface area (Å²) in [5.41, 5.74) is 7.10. The highest BCUT2D eigenvalue weighted by Gasteiger charge is 2.40. The Morgan fingerprint density at radius 2 is 1.75 bits per heavy atom. The van der Waals surface area contributed by atoms with Crippen LogP contribution in [0.2, 0.25) is 0 Å². The molecule has 1 saturated carbocycles. The van der Waals surface area contributed by atoms with Crippen molar-refractivity contribution in [2.45, 2.75) is 38.0 Å². The molecule has 0 spiro atoms. The largest absolute Gasteiger partial charge is 0.406 e. The molecule has 0 atom stereocenters. The predicted octanol–water partition coefficient (Wildman–Crippen LogP) is 2.24. The van der Waals surface area contributed by atoms with Gasteiger partial charge in [-0.25, -0.2) is 0 Å². The van der Waals surface area contributed by atoms with Crippen LogP contribution >= 0.6 is 0 Å². The minimum Gasteiger partial charge on any atom is -0.330 e. The second-order valence-electron chi connectivity index (χ2n) is 5.07. The van der Waals surface area contributed by atoms with Crippen LogP contribution in [0, 0.1) is 0 Å². The monoisotopic (exact) mass is 286 g/mol. The molecule has 3 nitrogen and oxygen atoms in total. The molecule has 0 radical (unpaired) electrons. The Bertz CT molecular complexity index is 466. The zero-order valence-electron chi connectivity index (χ0n) is 11.0. The average molecular weight is 286 g/mol. The number of amides is 1. The van der Waals surface area contributed by atoms with Crippen molar-refractivity contribution in [1.29, 1.82) is 0 Å². The molecule has 2 N–H and O–H groups in total. The first-order chi connectivity index (χ1) is 9.39. The van der Waals surface area contributed by atoms with E-state index in [4.69, 9.17) is 5.73 Å². The van der Waals surface area contributed by atoms with Crippen molar-refractivity contribution < 1.29 is 18.0 Å². The van der Waals surface area contributed by atoms with Crippen molar-refractivity contribution in [2.75, 3.05) is 6.54 Å². The SMILES string of the molecule is NCc1ccc(CC(=O)N(CC(F)(F)F)C2CC2)cc1. The Morgan fingerprint density at radius 1 is 1.20 bits per heavy atom. The number of hydrogen-bond acceptors (Lipinski definition) is 2. The van der Waals surface area contributed by atoms with Crippen LogP contribution in [0.3, 0.4) is 0 Å². The summed E-state index contributed by atoms with van der Waals surface area (Å²) in [7, 11) is 0.